The maximum absolute atomic E-state index is 13.0. The van der Waals surface area contributed by atoms with Crippen molar-refractivity contribution < 1.29 is 9.18 Å². The molecule has 5 heteroatoms. The first-order chi connectivity index (χ1) is 9.08. The highest BCUT2D eigenvalue weighted by atomic mass is 19.1. The molecule has 1 amide bonds. The minimum Gasteiger partial charge on any atom is -0.398 e. The van der Waals surface area contributed by atoms with Gasteiger partial charge in [0.05, 0.1) is 11.8 Å². The van der Waals surface area contributed by atoms with Crippen molar-refractivity contribution in [3.8, 4) is 0 Å². The number of rotatable bonds is 3. The Morgan fingerprint density at radius 1 is 1.37 bits per heavy atom. The number of pyridine rings is 1. The van der Waals surface area contributed by atoms with E-state index in [1.165, 1.54) is 17.2 Å². The van der Waals surface area contributed by atoms with Gasteiger partial charge in [-0.3, -0.25) is 9.78 Å². The first kappa shape index (κ1) is 13.0. The van der Waals surface area contributed by atoms with Crippen molar-refractivity contribution in [2.45, 2.75) is 6.54 Å². The molecule has 0 bridgehead atoms. The highest BCUT2D eigenvalue weighted by Gasteiger charge is 2.13. The topological polar surface area (TPSA) is 59.2 Å². The number of hydrogen-bond donors (Lipinski definition) is 1. The Kier molecular flexibility index (Phi) is 3.75. The third kappa shape index (κ3) is 3.07. The van der Waals surface area contributed by atoms with Crippen LogP contribution in [0.3, 0.4) is 0 Å². The molecule has 1 aromatic carbocycles. The first-order valence-electron chi connectivity index (χ1n) is 5.77. The van der Waals surface area contributed by atoms with Gasteiger partial charge in [0.25, 0.3) is 5.91 Å². The van der Waals surface area contributed by atoms with E-state index in [4.69, 9.17) is 5.73 Å². The van der Waals surface area contributed by atoms with Crippen molar-refractivity contribution in [1.29, 1.82) is 0 Å². The second-order valence-electron chi connectivity index (χ2n) is 4.25. The number of nitrogens with zero attached hydrogens (tertiary/aromatic N) is 2. The number of para-hydroxylation sites is 1. The van der Waals surface area contributed by atoms with Crippen molar-refractivity contribution in [2.24, 2.45) is 0 Å². The van der Waals surface area contributed by atoms with E-state index < -0.39 is 5.82 Å². The summed E-state index contributed by atoms with van der Waals surface area (Å²) in [6.45, 7) is 0.363. The van der Waals surface area contributed by atoms with Crippen LogP contribution in [-0.4, -0.2) is 22.8 Å². The Bertz CT molecular complexity index is 601. The number of carbonyl (C=O) groups is 1. The van der Waals surface area contributed by atoms with Gasteiger partial charge in [0, 0.05) is 25.5 Å². The van der Waals surface area contributed by atoms with Crippen LogP contribution in [0.25, 0.3) is 0 Å². The van der Waals surface area contributed by atoms with Crippen LogP contribution in [0.1, 0.15) is 15.9 Å². The van der Waals surface area contributed by atoms with Gasteiger partial charge in [-0.25, -0.2) is 4.39 Å². The molecule has 0 aliphatic rings. The van der Waals surface area contributed by atoms with E-state index in [9.17, 15) is 9.18 Å². The van der Waals surface area contributed by atoms with Crippen molar-refractivity contribution in [1.82, 2.24) is 9.88 Å². The summed E-state index contributed by atoms with van der Waals surface area (Å²) < 4.78 is 13.0. The average Bonchev–Trinajstić information content (AvgIpc) is 2.40. The number of aromatic nitrogens is 1. The fraction of sp³-hybridized carbons (Fsp3) is 0.143. The van der Waals surface area contributed by atoms with Crippen LogP contribution in [-0.2, 0) is 6.54 Å². The molecule has 0 atom stereocenters. The van der Waals surface area contributed by atoms with Gasteiger partial charge in [0.15, 0.2) is 0 Å². The van der Waals surface area contributed by atoms with Gasteiger partial charge in [0.1, 0.15) is 5.82 Å². The van der Waals surface area contributed by atoms with E-state index in [2.05, 4.69) is 4.98 Å². The van der Waals surface area contributed by atoms with E-state index >= 15 is 0 Å². The Balaban J connectivity index is 2.14. The van der Waals surface area contributed by atoms with E-state index in [0.29, 0.717) is 12.2 Å². The molecule has 19 heavy (non-hydrogen) atoms. The van der Waals surface area contributed by atoms with E-state index in [1.54, 1.807) is 13.1 Å². The minimum atomic E-state index is -0.529. The van der Waals surface area contributed by atoms with Crippen LogP contribution in [0.4, 0.5) is 10.1 Å². The van der Waals surface area contributed by atoms with Gasteiger partial charge in [-0.05, 0) is 17.7 Å². The zero-order valence-corrected chi connectivity index (χ0v) is 10.5. The molecule has 2 rings (SSSR count). The minimum absolute atomic E-state index is 0.219. The number of nitrogen functional groups attached to an aromatic ring is 1. The van der Waals surface area contributed by atoms with E-state index in [-0.39, 0.29) is 11.5 Å². The number of carbonyl (C=O) groups excluding carboxylic acids is 1. The van der Waals surface area contributed by atoms with Gasteiger partial charge >= 0.3 is 0 Å². The quantitative estimate of drug-likeness (QED) is 0.858. The molecular formula is C14H14FN3O. The van der Waals surface area contributed by atoms with Crippen LogP contribution in [0.15, 0.2) is 42.7 Å². The summed E-state index contributed by atoms with van der Waals surface area (Å²) in [4.78, 5) is 17.2. The van der Waals surface area contributed by atoms with Crippen molar-refractivity contribution in [3.05, 3.63) is 59.7 Å². The SMILES string of the molecule is CN(Cc1ccccc1N)C(=O)c1cncc(F)c1. The summed E-state index contributed by atoms with van der Waals surface area (Å²) in [7, 11) is 1.64. The summed E-state index contributed by atoms with van der Waals surface area (Å²) in [5, 5.41) is 0. The van der Waals surface area contributed by atoms with Crippen molar-refractivity contribution in [2.75, 3.05) is 12.8 Å². The van der Waals surface area contributed by atoms with E-state index in [1.807, 2.05) is 18.2 Å². The highest BCUT2D eigenvalue weighted by molar-refractivity contribution is 5.93. The number of benzene rings is 1. The lowest BCUT2D eigenvalue weighted by Gasteiger charge is -2.18. The molecule has 2 aromatic rings. The molecule has 0 aliphatic carbocycles. The van der Waals surface area contributed by atoms with Gasteiger partial charge in [0.2, 0.25) is 0 Å². The number of halogens is 1. The maximum Gasteiger partial charge on any atom is 0.255 e. The molecule has 0 radical (unpaired) electrons. The molecule has 0 aliphatic heterocycles. The third-order valence-electron chi connectivity index (χ3n) is 2.76. The summed E-state index contributed by atoms with van der Waals surface area (Å²) >= 11 is 0. The molecule has 4 nitrogen and oxygen atoms in total. The summed E-state index contributed by atoms with van der Waals surface area (Å²) in [6, 6.07) is 8.48. The summed E-state index contributed by atoms with van der Waals surface area (Å²) in [6.07, 6.45) is 2.40. The van der Waals surface area contributed by atoms with E-state index in [0.717, 1.165) is 11.8 Å². The average molecular weight is 259 g/mol. The third-order valence-corrected chi connectivity index (χ3v) is 2.76. The Morgan fingerprint density at radius 2 is 2.11 bits per heavy atom. The zero-order valence-electron chi connectivity index (χ0n) is 10.5. The largest absolute Gasteiger partial charge is 0.398 e. The lowest BCUT2D eigenvalue weighted by atomic mass is 10.1. The first-order valence-corrected chi connectivity index (χ1v) is 5.77. The molecule has 1 heterocycles. The van der Waals surface area contributed by atoms with Crippen LogP contribution < -0.4 is 5.73 Å². The number of hydrogen-bond acceptors (Lipinski definition) is 3. The lowest BCUT2D eigenvalue weighted by molar-refractivity contribution is 0.0784. The molecule has 0 saturated heterocycles. The molecule has 0 fully saturated rings. The van der Waals surface area contributed by atoms with Crippen LogP contribution >= 0.6 is 0 Å². The number of nitrogens with two attached hydrogens (primary N) is 1. The molecule has 0 spiro atoms. The molecule has 2 N–H and O–H groups in total. The van der Waals surface area contributed by atoms with Crippen molar-refractivity contribution >= 4 is 11.6 Å². The Morgan fingerprint density at radius 3 is 2.79 bits per heavy atom. The molecular weight excluding hydrogens is 245 g/mol. The Labute approximate surface area is 110 Å². The monoisotopic (exact) mass is 259 g/mol. The fourth-order valence-corrected chi connectivity index (χ4v) is 1.75. The molecule has 0 saturated carbocycles. The second kappa shape index (κ2) is 5.48. The zero-order chi connectivity index (χ0) is 13.8. The van der Waals surface area contributed by atoms with Crippen molar-refractivity contribution in [3.63, 3.8) is 0 Å². The van der Waals surface area contributed by atoms with Gasteiger partial charge in [-0.2, -0.15) is 0 Å². The number of anilines is 1. The predicted molar refractivity (Wildman–Crippen MR) is 70.8 cm³/mol. The summed E-state index contributed by atoms with van der Waals surface area (Å²) in [5.41, 5.74) is 7.52. The smallest absolute Gasteiger partial charge is 0.255 e. The maximum atomic E-state index is 13.0. The predicted octanol–water partition coefficient (Wildman–Crippen LogP) is 2.08. The second-order valence-corrected chi connectivity index (χ2v) is 4.25. The number of amides is 1. The normalized spacial score (nSPS) is 10.2. The van der Waals surface area contributed by atoms with Crippen LogP contribution in [0.2, 0.25) is 0 Å². The molecule has 1 aromatic heterocycles. The fourth-order valence-electron chi connectivity index (χ4n) is 1.75. The standard InChI is InChI=1S/C14H14FN3O/c1-18(9-10-4-2-3-5-13(10)16)14(19)11-6-12(15)8-17-7-11/h2-8H,9,16H2,1H3. The van der Waals surface area contributed by atoms with Crippen LogP contribution in [0.5, 0.6) is 0 Å². The van der Waals surface area contributed by atoms with Gasteiger partial charge in [-0.15, -0.1) is 0 Å². The molecule has 98 valence electrons. The van der Waals surface area contributed by atoms with Crippen LogP contribution in [0, 0.1) is 5.82 Å². The highest BCUT2D eigenvalue weighted by Crippen LogP contribution is 2.14. The Hall–Kier alpha value is -2.43. The molecule has 0 unspecified atom stereocenters. The van der Waals surface area contributed by atoms with Gasteiger partial charge in [-0.1, -0.05) is 18.2 Å². The summed E-state index contributed by atoms with van der Waals surface area (Å²) in [5.74, 6) is -0.825. The lowest BCUT2D eigenvalue weighted by Crippen LogP contribution is -2.26. The van der Waals surface area contributed by atoms with Gasteiger partial charge < -0.3 is 10.6 Å².